The number of hydrazone groups is 1. The minimum absolute atomic E-state index is 0.194. The molecule has 3 amide bonds. The summed E-state index contributed by atoms with van der Waals surface area (Å²) < 4.78 is 10.9. The highest BCUT2D eigenvalue weighted by molar-refractivity contribution is 6.35. The van der Waals surface area contributed by atoms with E-state index in [1.807, 2.05) is 39.0 Å². The molecule has 0 fully saturated rings. The number of amides is 3. The summed E-state index contributed by atoms with van der Waals surface area (Å²) >= 11 is 0. The Hall–Kier alpha value is -3.88. The zero-order valence-corrected chi connectivity index (χ0v) is 19.4. The van der Waals surface area contributed by atoms with Gasteiger partial charge in [0.2, 0.25) is 0 Å². The van der Waals surface area contributed by atoms with Gasteiger partial charge in [-0.1, -0.05) is 31.5 Å². The first kappa shape index (κ1) is 25.4. The maximum absolute atomic E-state index is 12.3. The number of hydrogen-bond acceptors (Lipinski definition) is 6. The minimum atomic E-state index is -0.843. The highest BCUT2D eigenvalue weighted by Gasteiger charge is 2.12. The summed E-state index contributed by atoms with van der Waals surface area (Å²) in [6, 6.07) is 10.7. The second kappa shape index (κ2) is 12.8. The van der Waals surface area contributed by atoms with Gasteiger partial charge >= 0.3 is 11.8 Å². The molecule has 2 aromatic rings. The SMILES string of the molecule is CCCCNC(=O)C(=O)N/N=C\c1ccc(OCC(=O)Nc2c(C)cccc2C)c(OC)c1. The molecular weight excluding hydrogens is 424 g/mol. The average molecular weight is 455 g/mol. The van der Waals surface area contributed by atoms with Crippen LogP contribution in [0.2, 0.25) is 0 Å². The molecule has 0 radical (unpaired) electrons. The predicted molar refractivity (Wildman–Crippen MR) is 127 cm³/mol. The Bertz CT molecular complexity index is 1000. The second-order valence-corrected chi connectivity index (χ2v) is 7.32. The Balaban J connectivity index is 1.92. The largest absolute Gasteiger partial charge is 0.493 e. The van der Waals surface area contributed by atoms with Crippen molar-refractivity contribution in [1.29, 1.82) is 0 Å². The number of anilines is 1. The normalized spacial score (nSPS) is 10.5. The van der Waals surface area contributed by atoms with Gasteiger partial charge in [0.25, 0.3) is 5.91 Å². The van der Waals surface area contributed by atoms with Crippen molar-refractivity contribution in [3.05, 3.63) is 53.1 Å². The number of benzene rings is 2. The molecule has 9 heteroatoms. The molecule has 33 heavy (non-hydrogen) atoms. The van der Waals surface area contributed by atoms with Gasteiger partial charge in [0.15, 0.2) is 18.1 Å². The molecule has 0 spiro atoms. The van der Waals surface area contributed by atoms with Crippen LogP contribution in [0.4, 0.5) is 5.69 Å². The second-order valence-electron chi connectivity index (χ2n) is 7.32. The lowest BCUT2D eigenvalue weighted by Gasteiger charge is -2.13. The highest BCUT2D eigenvalue weighted by atomic mass is 16.5. The van der Waals surface area contributed by atoms with Gasteiger partial charge in [0, 0.05) is 12.2 Å². The predicted octanol–water partition coefficient (Wildman–Crippen LogP) is 2.70. The monoisotopic (exact) mass is 454 g/mol. The maximum Gasteiger partial charge on any atom is 0.329 e. The number of rotatable bonds is 10. The van der Waals surface area contributed by atoms with Crippen LogP contribution in [-0.2, 0) is 14.4 Å². The fraction of sp³-hybridized carbons (Fsp3) is 0.333. The molecule has 0 bridgehead atoms. The first-order valence-electron chi connectivity index (χ1n) is 10.6. The number of nitrogens with zero attached hydrogens (tertiary/aromatic N) is 1. The van der Waals surface area contributed by atoms with E-state index in [1.165, 1.54) is 13.3 Å². The molecule has 0 aliphatic carbocycles. The maximum atomic E-state index is 12.3. The van der Waals surface area contributed by atoms with Gasteiger partial charge in [-0.3, -0.25) is 14.4 Å². The summed E-state index contributed by atoms with van der Waals surface area (Å²) in [5.74, 6) is -1.10. The number of methoxy groups -OCH3 is 1. The van der Waals surface area contributed by atoms with E-state index in [-0.39, 0.29) is 12.5 Å². The van der Waals surface area contributed by atoms with Gasteiger partial charge in [-0.15, -0.1) is 0 Å². The van der Waals surface area contributed by atoms with E-state index in [2.05, 4.69) is 21.2 Å². The Morgan fingerprint density at radius 2 is 1.76 bits per heavy atom. The molecule has 2 rings (SSSR count). The lowest BCUT2D eigenvalue weighted by molar-refractivity contribution is -0.139. The minimum Gasteiger partial charge on any atom is -0.493 e. The van der Waals surface area contributed by atoms with E-state index in [0.717, 1.165) is 29.7 Å². The molecule has 0 aliphatic heterocycles. The number of unbranched alkanes of at least 4 members (excludes halogenated alkanes) is 1. The molecular formula is C24H30N4O5. The first-order chi connectivity index (χ1) is 15.8. The molecule has 0 aromatic heterocycles. The lowest BCUT2D eigenvalue weighted by Crippen LogP contribution is -2.38. The molecule has 9 nitrogen and oxygen atoms in total. The summed E-state index contributed by atoms with van der Waals surface area (Å²) in [6.07, 6.45) is 3.08. The van der Waals surface area contributed by atoms with Crippen molar-refractivity contribution in [2.45, 2.75) is 33.6 Å². The Morgan fingerprint density at radius 3 is 2.42 bits per heavy atom. The van der Waals surface area contributed by atoms with E-state index in [0.29, 0.717) is 23.6 Å². The summed E-state index contributed by atoms with van der Waals surface area (Å²) in [5, 5.41) is 9.16. The molecule has 0 saturated carbocycles. The zero-order chi connectivity index (χ0) is 24.2. The number of para-hydroxylation sites is 1. The zero-order valence-electron chi connectivity index (χ0n) is 19.4. The fourth-order valence-corrected chi connectivity index (χ4v) is 2.89. The van der Waals surface area contributed by atoms with E-state index in [9.17, 15) is 14.4 Å². The van der Waals surface area contributed by atoms with Gasteiger partial charge in [-0.2, -0.15) is 5.10 Å². The summed E-state index contributed by atoms with van der Waals surface area (Å²) in [5.41, 5.74) is 5.48. The van der Waals surface area contributed by atoms with Crippen molar-refractivity contribution in [1.82, 2.24) is 10.7 Å². The van der Waals surface area contributed by atoms with Crippen molar-refractivity contribution in [2.24, 2.45) is 5.10 Å². The van der Waals surface area contributed by atoms with Crippen LogP contribution in [0.15, 0.2) is 41.5 Å². The smallest absolute Gasteiger partial charge is 0.329 e. The third-order valence-electron chi connectivity index (χ3n) is 4.69. The third-order valence-corrected chi connectivity index (χ3v) is 4.69. The van der Waals surface area contributed by atoms with E-state index in [4.69, 9.17) is 9.47 Å². The first-order valence-corrected chi connectivity index (χ1v) is 10.6. The van der Waals surface area contributed by atoms with Gasteiger partial charge in [0.05, 0.1) is 13.3 Å². The third kappa shape index (κ3) is 7.95. The summed E-state index contributed by atoms with van der Waals surface area (Å²) in [6.45, 7) is 6.08. The van der Waals surface area contributed by atoms with Gasteiger partial charge < -0.3 is 20.1 Å². The number of carbonyl (C=O) groups excluding carboxylic acids is 3. The number of aryl methyl sites for hydroxylation is 2. The van der Waals surface area contributed by atoms with Crippen molar-refractivity contribution in [3.8, 4) is 11.5 Å². The van der Waals surface area contributed by atoms with Crippen LogP contribution in [-0.4, -0.2) is 44.2 Å². The number of hydrogen-bond donors (Lipinski definition) is 3. The molecule has 2 aromatic carbocycles. The Morgan fingerprint density at radius 1 is 1.03 bits per heavy atom. The molecule has 0 saturated heterocycles. The summed E-state index contributed by atoms with van der Waals surface area (Å²) in [7, 11) is 1.47. The number of carbonyl (C=O) groups is 3. The van der Waals surface area contributed by atoms with Crippen LogP contribution in [0, 0.1) is 13.8 Å². The lowest BCUT2D eigenvalue weighted by atomic mass is 10.1. The van der Waals surface area contributed by atoms with E-state index >= 15 is 0 Å². The average Bonchev–Trinajstić information content (AvgIpc) is 2.80. The van der Waals surface area contributed by atoms with Crippen LogP contribution >= 0.6 is 0 Å². The molecule has 0 aliphatic rings. The number of nitrogens with one attached hydrogen (secondary N) is 3. The topological polar surface area (TPSA) is 118 Å². The summed E-state index contributed by atoms with van der Waals surface area (Å²) in [4.78, 5) is 35.7. The van der Waals surface area contributed by atoms with Gasteiger partial charge in [-0.05, 0) is 55.2 Å². The van der Waals surface area contributed by atoms with Crippen LogP contribution in [0.5, 0.6) is 11.5 Å². The van der Waals surface area contributed by atoms with Crippen molar-refractivity contribution in [2.75, 3.05) is 25.6 Å². The van der Waals surface area contributed by atoms with Crippen LogP contribution in [0.25, 0.3) is 0 Å². The molecule has 3 N–H and O–H groups in total. The van der Waals surface area contributed by atoms with Crippen LogP contribution in [0.1, 0.15) is 36.5 Å². The van der Waals surface area contributed by atoms with Crippen molar-refractivity contribution in [3.63, 3.8) is 0 Å². The van der Waals surface area contributed by atoms with Crippen molar-refractivity contribution >= 4 is 29.6 Å². The van der Waals surface area contributed by atoms with Crippen molar-refractivity contribution < 1.29 is 23.9 Å². The highest BCUT2D eigenvalue weighted by Crippen LogP contribution is 2.27. The standard InChI is InChI=1S/C24H30N4O5/c1-5-6-12-25-23(30)24(31)28-26-14-18-10-11-19(20(13-18)32-4)33-15-21(29)27-22-16(2)8-7-9-17(22)3/h7-11,13-14H,5-6,12,15H2,1-4H3,(H,25,30)(H,27,29)(H,28,31)/b26-14-. The Kier molecular flexibility index (Phi) is 9.88. The molecule has 0 atom stereocenters. The van der Waals surface area contributed by atoms with Crippen LogP contribution < -0.4 is 25.5 Å². The molecule has 176 valence electrons. The molecule has 0 heterocycles. The Labute approximate surface area is 193 Å². The number of ether oxygens (including phenoxy) is 2. The van der Waals surface area contributed by atoms with Gasteiger partial charge in [0.1, 0.15) is 0 Å². The van der Waals surface area contributed by atoms with E-state index in [1.54, 1.807) is 18.2 Å². The van der Waals surface area contributed by atoms with Gasteiger partial charge in [-0.25, -0.2) is 5.43 Å². The van der Waals surface area contributed by atoms with E-state index < -0.39 is 11.8 Å². The fourth-order valence-electron chi connectivity index (χ4n) is 2.89. The molecule has 0 unspecified atom stereocenters. The van der Waals surface area contributed by atoms with Crippen LogP contribution in [0.3, 0.4) is 0 Å². The quantitative estimate of drug-likeness (QED) is 0.221.